The molecule has 0 radical (unpaired) electrons. The molecule has 110 valence electrons. The molecule has 3 nitrogen and oxygen atoms in total. The summed E-state index contributed by atoms with van der Waals surface area (Å²) in [5, 5.41) is 0. The molecule has 0 aromatic heterocycles. The van der Waals surface area contributed by atoms with Gasteiger partial charge in [0.15, 0.2) is 14.1 Å². The van der Waals surface area contributed by atoms with E-state index in [0.29, 0.717) is 6.42 Å². The highest BCUT2D eigenvalue weighted by atomic mass is 28.4. The molecule has 1 unspecified atom stereocenters. The van der Waals surface area contributed by atoms with Crippen molar-refractivity contribution in [3.63, 3.8) is 0 Å². The maximum atomic E-state index is 12.6. The van der Waals surface area contributed by atoms with Gasteiger partial charge in [-0.2, -0.15) is 0 Å². The van der Waals surface area contributed by atoms with E-state index in [1.165, 1.54) is 0 Å². The molecule has 1 aliphatic carbocycles. The van der Waals surface area contributed by atoms with Crippen molar-refractivity contribution in [2.45, 2.75) is 50.9 Å². The standard InChI is InChI=1S/C16H24O3Si/c1-18-14-10-8-13(9-11-14)16(19-20(2,3)4)12-6-5-7-15(16)17/h8-11H,5-7,12H2,1-4H3. The summed E-state index contributed by atoms with van der Waals surface area (Å²) in [5.74, 6) is 1.04. The van der Waals surface area contributed by atoms with Crippen LogP contribution in [0.5, 0.6) is 5.75 Å². The molecule has 0 amide bonds. The van der Waals surface area contributed by atoms with Crippen LogP contribution < -0.4 is 4.74 Å². The van der Waals surface area contributed by atoms with Crippen molar-refractivity contribution < 1.29 is 14.0 Å². The van der Waals surface area contributed by atoms with Crippen LogP contribution in [0.4, 0.5) is 0 Å². The molecule has 0 heterocycles. The molecule has 1 saturated carbocycles. The second kappa shape index (κ2) is 5.70. The molecule has 0 N–H and O–H groups in total. The Hall–Kier alpha value is -1.13. The minimum Gasteiger partial charge on any atom is -0.497 e. The molecule has 0 spiro atoms. The summed E-state index contributed by atoms with van der Waals surface area (Å²) < 4.78 is 11.6. The summed E-state index contributed by atoms with van der Waals surface area (Å²) >= 11 is 0. The second-order valence-electron chi connectivity index (χ2n) is 6.40. The molecule has 20 heavy (non-hydrogen) atoms. The minimum absolute atomic E-state index is 0.233. The van der Waals surface area contributed by atoms with Gasteiger partial charge in [-0.05, 0) is 56.6 Å². The van der Waals surface area contributed by atoms with E-state index < -0.39 is 13.9 Å². The van der Waals surface area contributed by atoms with Crippen LogP contribution in [0, 0.1) is 0 Å². The number of Topliss-reactive ketones (excluding diaryl/α,β-unsaturated/α-hetero) is 1. The third kappa shape index (κ3) is 3.12. The number of hydrogen-bond donors (Lipinski definition) is 0. The maximum absolute atomic E-state index is 12.6. The summed E-state index contributed by atoms with van der Waals surface area (Å²) in [6, 6.07) is 7.77. The Kier molecular flexibility index (Phi) is 4.35. The average Bonchev–Trinajstić information content (AvgIpc) is 2.40. The molecule has 1 aromatic rings. The predicted octanol–water partition coefficient (Wildman–Crippen LogP) is 3.89. The Morgan fingerprint density at radius 3 is 2.25 bits per heavy atom. The number of carbonyl (C=O) groups excluding carboxylic acids is 1. The number of rotatable bonds is 4. The molecule has 2 rings (SSSR count). The lowest BCUT2D eigenvalue weighted by Gasteiger charge is -2.41. The summed E-state index contributed by atoms with van der Waals surface area (Å²) in [5.41, 5.74) is 0.250. The first-order valence-corrected chi connectivity index (χ1v) is 10.7. The van der Waals surface area contributed by atoms with Crippen molar-refractivity contribution in [1.82, 2.24) is 0 Å². The van der Waals surface area contributed by atoms with Gasteiger partial charge in [0.05, 0.1) is 7.11 Å². The van der Waals surface area contributed by atoms with E-state index in [0.717, 1.165) is 30.6 Å². The normalized spacial score (nSPS) is 23.7. The van der Waals surface area contributed by atoms with Crippen LogP contribution in [0.15, 0.2) is 24.3 Å². The van der Waals surface area contributed by atoms with Crippen LogP contribution in [0.2, 0.25) is 19.6 Å². The van der Waals surface area contributed by atoms with Gasteiger partial charge in [0.2, 0.25) is 0 Å². The van der Waals surface area contributed by atoms with E-state index in [1.807, 2.05) is 24.3 Å². The smallest absolute Gasteiger partial charge is 0.185 e. The third-order valence-corrected chi connectivity index (χ3v) is 4.63. The van der Waals surface area contributed by atoms with Gasteiger partial charge < -0.3 is 9.16 Å². The van der Waals surface area contributed by atoms with Gasteiger partial charge in [-0.3, -0.25) is 4.79 Å². The lowest BCUT2D eigenvalue weighted by atomic mass is 9.78. The lowest BCUT2D eigenvalue weighted by molar-refractivity contribution is -0.139. The second-order valence-corrected chi connectivity index (χ2v) is 10.8. The summed E-state index contributed by atoms with van der Waals surface area (Å²) in [6.45, 7) is 6.42. The topological polar surface area (TPSA) is 35.5 Å². The quantitative estimate of drug-likeness (QED) is 0.790. The summed E-state index contributed by atoms with van der Waals surface area (Å²) in [7, 11) is -0.168. The van der Waals surface area contributed by atoms with Crippen molar-refractivity contribution >= 4 is 14.1 Å². The molecule has 1 aromatic carbocycles. The number of carbonyl (C=O) groups is 1. The largest absolute Gasteiger partial charge is 0.497 e. The zero-order chi connectivity index (χ0) is 14.8. The Balaban J connectivity index is 2.41. The highest BCUT2D eigenvalue weighted by molar-refractivity contribution is 6.70. The zero-order valence-electron chi connectivity index (χ0n) is 12.9. The Morgan fingerprint density at radius 1 is 1.10 bits per heavy atom. The molecule has 0 bridgehead atoms. The van der Waals surface area contributed by atoms with Crippen LogP contribution in [-0.4, -0.2) is 21.2 Å². The number of ether oxygens (including phenoxy) is 1. The number of benzene rings is 1. The van der Waals surface area contributed by atoms with E-state index in [9.17, 15) is 4.79 Å². The van der Waals surface area contributed by atoms with Gasteiger partial charge in [0.25, 0.3) is 0 Å². The van der Waals surface area contributed by atoms with Crippen LogP contribution >= 0.6 is 0 Å². The van der Waals surface area contributed by atoms with E-state index in [1.54, 1.807) is 7.11 Å². The highest BCUT2D eigenvalue weighted by Gasteiger charge is 2.45. The van der Waals surface area contributed by atoms with Crippen molar-refractivity contribution in [1.29, 1.82) is 0 Å². The highest BCUT2D eigenvalue weighted by Crippen LogP contribution is 2.40. The SMILES string of the molecule is COc1ccc(C2(O[Si](C)(C)C)CCCCC2=O)cc1. The Labute approximate surface area is 122 Å². The van der Waals surface area contributed by atoms with Crippen molar-refractivity contribution in [3.05, 3.63) is 29.8 Å². The number of hydrogen-bond acceptors (Lipinski definition) is 3. The predicted molar refractivity (Wildman–Crippen MR) is 82.6 cm³/mol. The van der Waals surface area contributed by atoms with Crippen molar-refractivity contribution in [2.75, 3.05) is 7.11 Å². The van der Waals surface area contributed by atoms with E-state index in [4.69, 9.17) is 9.16 Å². The maximum Gasteiger partial charge on any atom is 0.185 e. The first kappa shape index (κ1) is 15.3. The fraction of sp³-hybridized carbons (Fsp3) is 0.562. The molecule has 1 fully saturated rings. The molecule has 0 saturated heterocycles. The van der Waals surface area contributed by atoms with Gasteiger partial charge in [-0.25, -0.2) is 0 Å². The molecule has 4 heteroatoms. The fourth-order valence-corrected chi connectivity index (χ4v) is 4.24. The monoisotopic (exact) mass is 292 g/mol. The average molecular weight is 292 g/mol. The molecule has 1 aliphatic rings. The van der Waals surface area contributed by atoms with Crippen LogP contribution in [0.1, 0.15) is 31.2 Å². The van der Waals surface area contributed by atoms with Gasteiger partial charge >= 0.3 is 0 Å². The van der Waals surface area contributed by atoms with Crippen LogP contribution in [0.25, 0.3) is 0 Å². The van der Waals surface area contributed by atoms with Crippen molar-refractivity contribution in [3.8, 4) is 5.75 Å². The molecule has 1 atom stereocenters. The zero-order valence-corrected chi connectivity index (χ0v) is 13.9. The summed E-state index contributed by atoms with van der Waals surface area (Å²) in [6.07, 6.45) is 3.44. The Morgan fingerprint density at radius 2 is 1.75 bits per heavy atom. The van der Waals surface area contributed by atoms with E-state index in [2.05, 4.69) is 19.6 Å². The van der Waals surface area contributed by atoms with Gasteiger partial charge in [0, 0.05) is 6.42 Å². The van der Waals surface area contributed by atoms with Gasteiger partial charge in [-0.1, -0.05) is 12.1 Å². The van der Waals surface area contributed by atoms with Gasteiger partial charge in [-0.15, -0.1) is 0 Å². The summed E-state index contributed by atoms with van der Waals surface area (Å²) in [4.78, 5) is 12.6. The molecule has 0 aliphatic heterocycles. The molecular weight excluding hydrogens is 268 g/mol. The minimum atomic E-state index is -1.82. The third-order valence-electron chi connectivity index (χ3n) is 3.67. The fourth-order valence-electron chi connectivity index (χ4n) is 2.86. The van der Waals surface area contributed by atoms with E-state index >= 15 is 0 Å². The van der Waals surface area contributed by atoms with Crippen LogP contribution in [-0.2, 0) is 14.8 Å². The first-order valence-electron chi connectivity index (χ1n) is 7.25. The van der Waals surface area contributed by atoms with Gasteiger partial charge in [0.1, 0.15) is 11.4 Å². The number of ketones is 1. The first-order chi connectivity index (χ1) is 9.37. The number of methoxy groups -OCH3 is 1. The molecular formula is C16H24O3Si. The van der Waals surface area contributed by atoms with Crippen molar-refractivity contribution in [2.24, 2.45) is 0 Å². The lowest BCUT2D eigenvalue weighted by Crippen LogP contribution is -2.48. The van der Waals surface area contributed by atoms with Crippen LogP contribution in [0.3, 0.4) is 0 Å². The van der Waals surface area contributed by atoms with E-state index in [-0.39, 0.29) is 5.78 Å². The Bertz CT molecular complexity index is 475.